The van der Waals surface area contributed by atoms with Gasteiger partial charge in [-0.2, -0.15) is 4.31 Å². The molecule has 2 unspecified atom stereocenters. The summed E-state index contributed by atoms with van der Waals surface area (Å²) in [5, 5.41) is 12.8. The summed E-state index contributed by atoms with van der Waals surface area (Å²) in [6, 6.07) is -2.84. The van der Waals surface area contributed by atoms with Gasteiger partial charge >= 0.3 is 6.03 Å². The van der Waals surface area contributed by atoms with Crippen LogP contribution in [0.2, 0.25) is 0 Å². The number of hydrogen-bond acceptors (Lipinski definition) is 8. The van der Waals surface area contributed by atoms with Crippen LogP contribution in [0.25, 0.3) is 0 Å². The Morgan fingerprint density at radius 2 is 1.69 bits per heavy atom. The molecule has 0 spiro atoms. The molecule has 2 aliphatic heterocycles. The zero-order chi connectivity index (χ0) is 39.3. The first kappa shape index (κ1) is 42.8. The number of nitrogens with one attached hydrogen (secondary N) is 4. The van der Waals surface area contributed by atoms with Gasteiger partial charge in [0.05, 0.1) is 10.9 Å². The fourth-order valence-electron chi connectivity index (χ4n) is 6.41. The first-order chi connectivity index (χ1) is 24.0. The highest BCUT2D eigenvalue weighted by Crippen LogP contribution is 2.36. The molecular weight excluding hydrogens is 705 g/mol. The summed E-state index contributed by atoms with van der Waals surface area (Å²) in [4.78, 5) is 70.3. The van der Waals surface area contributed by atoms with Gasteiger partial charge < -0.3 is 26.2 Å². The zero-order valence-electron chi connectivity index (χ0n) is 32.1. The van der Waals surface area contributed by atoms with Gasteiger partial charge in [-0.05, 0) is 47.0 Å². The van der Waals surface area contributed by atoms with Crippen molar-refractivity contribution in [2.24, 2.45) is 22.7 Å². The minimum atomic E-state index is -3.71. The molecule has 5 amide bonds. The maximum atomic E-state index is 14.5. The number of rotatable bonds is 15. The van der Waals surface area contributed by atoms with E-state index in [2.05, 4.69) is 34.4 Å². The predicted octanol–water partition coefficient (Wildman–Crippen LogP) is 3.97. The monoisotopic (exact) mass is 762 g/mol. The van der Waals surface area contributed by atoms with E-state index in [1.54, 1.807) is 32.2 Å². The lowest BCUT2D eigenvalue weighted by Crippen LogP contribution is -2.61. The Balaban J connectivity index is 1.86. The Hall–Kier alpha value is -3.56. The maximum absolute atomic E-state index is 14.5. The number of carbonyl (C=O) groups excluding carboxylic acids is 5. The van der Waals surface area contributed by atoms with E-state index in [4.69, 9.17) is 0 Å². The normalized spacial score (nSPS) is 20.4. The average molecular weight is 763 g/mol. The molecule has 1 aromatic heterocycles. The number of urea groups is 1. The van der Waals surface area contributed by atoms with Crippen LogP contribution >= 0.6 is 11.3 Å². The van der Waals surface area contributed by atoms with Crippen molar-refractivity contribution in [3.8, 4) is 0 Å². The Kier molecular flexibility index (Phi) is 14.1. The van der Waals surface area contributed by atoms with Crippen LogP contribution in [0.1, 0.15) is 86.5 Å². The summed E-state index contributed by atoms with van der Waals surface area (Å²) in [7, 11) is -3.71. The summed E-state index contributed by atoms with van der Waals surface area (Å²) < 4.78 is 27.8. The van der Waals surface area contributed by atoms with Crippen LogP contribution in [0.3, 0.4) is 0 Å². The van der Waals surface area contributed by atoms with E-state index < -0.39 is 74.6 Å². The second-order valence-electron chi connectivity index (χ2n) is 16.2. The van der Waals surface area contributed by atoms with Crippen molar-refractivity contribution in [3.63, 3.8) is 0 Å². The van der Waals surface area contributed by atoms with E-state index in [0.717, 1.165) is 10.5 Å². The van der Waals surface area contributed by atoms with E-state index in [1.165, 1.54) is 26.6 Å². The van der Waals surface area contributed by atoms with Gasteiger partial charge in [0.1, 0.15) is 12.1 Å². The number of ketones is 1. The van der Waals surface area contributed by atoms with Crippen LogP contribution in [-0.4, -0.2) is 91.0 Å². The number of hydrogen-bond donors (Lipinski definition) is 4. The molecule has 0 bridgehead atoms. The number of likely N-dealkylation sites (tertiary alicyclic amines) is 1. The van der Waals surface area contributed by atoms with E-state index in [0.29, 0.717) is 6.42 Å². The molecule has 1 aromatic rings. The molecule has 0 radical (unpaired) electrons. The van der Waals surface area contributed by atoms with Crippen molar-refractivity contribution in [1.29, 1.82) is 0 Å². The molecule has 1 fully saturated rings. The third-order valence-corrected chi connectivity index (χ3v) is 12.7. The van der Waals surface area contributed by atoms with E-state index in [-0.39, 0.29) is 55.8 Å². The van der Waals surface area contributed by atoms with Crippen LogP contribution in [0.15, 0.2) is 41.1 Å². The zero-order valence-corrected chi connectivity index (χ0v) is 33.8. The number of amides is 5. The van der Waals surface area contributed by atoms with E-state index >= 15 is 0 Å². The van der Waals surface area contributed by atoms with Gasteiger partial charge in [0.2, 0.25) is 27.6 Å². The smallest absolute Gasteiger partial charge is 0.315 e. The van der Waals surface area contributed by atoms with Crippen LogP contribution in [0.4, 0.5) is 4.79 Å². The molecular formula is C37H58N6O7S2. The Bertz CT molecular complexity index is 1640. The fraction of sp³-hybridized carbons (Fsp3) is 0.649. The summed E-state index contributed by atoms with van der Waals surface area (Å²) in [5.41, 5.74) is -0.492. The highest BCUT2D eigenvalue weighted by molar-refractivity contribution is 7.89. The van der Waals surface area contributed by atoms with Gasteiger partial charge in [0.25, 0.3) is 5.91 Å². The van der Waals surface area contributed by atoms with Crippen molar-refractivity contribution < 1.29 is 32.4 Å². The number of thiophene rings is 1. The van der Waals surface area contributed by atoms with Crippen molar-refractivity contribution >= 4 is 50.9 Å². The molecule has 1 saturated heterocycles. The van der Waals surface area contributed by atoms with Crippen LogP contribution in [-0.2, 0) is 35.7 Å². The second-order valence-corrected chi connectivity index (χ2v) is 19.1. The molecule has 13 nitrogen and oxygen atoms in total. The SMILES string of the molecule is C=CCNC(=O)C(=O)C(CCC)NC(=O)[C@@H]1CC(C(=C)C(C)C)CN1C(=O)[C@@H](NC(=O)N[C@H](CN1Cc2sccc2S1(=O)=O)C(C)(C)C)C(C)(C)C. The molecule has 0 saturated carbocycles. The van der Waals surface area contributed by atoms with E-state index in [9.17, 15) is 32.4 Å². The van der Waals surface area contributed by atoms with Gasteiger partial charge in [-0.25, -0.2) is 13.2 Å². The number of nitrogens with zero attached hydrogens (tertiary/aromatic N) is 2. The van der Waals surface area contributed by atoms with Crippen molar-refractivity contribution in [2.75, 3.05) is 19.6 Å². The van der Waals surface area contributed by atoms with Crippen molar-refractivity contribution in [2.45, 2.75) is 117 Å². The molecule has 2 aliphatic rings. The van der Waals surface area contributed by atoms with Crippen LogP contribution < -0.4 is 21.3 Å². The lowest BCUT2D eigenvalue weighted by molar-refractivity contribution is -0.143. The fourth-order valence-corrected chi connectivity index (χ4v) is 9.34. The quantitative estimate of drug-likeness (QED) is 0.155. The summed E-state index contributed by atoms with van der Waals surface area (Å²) in [6.45, 7) is 25.2. The molecule has 3 rings (SSSR count). The Morgan fingerprint density at radius 1 is 1.04 bits per heavy atom. The van der Waals surface area contributed by atoms with Gasteiger partial charge in [-0.1, -0.05) is 87.0 Å². The number of carbonyl (C=O) groups is 5. The molecule has 0 aliphatic carbocycles. The summed E-state index contributed by atoms with van der Waals surface area (Å²) in [6.07, 6.45) is 2.45. The molecule has 290 valence electrons. The van der Waals surface area contributed by atoms with E-state index in [1.807, 2.05) is 41.5 Å². The van der Waals surface area contributed by atoms with Gasteiger partial charge in [-0.3, -0.25) is 19.2 Å². The molecule has 5 atom stereocenters. The Morgan fingerprint density at radius 3 is 2.23 bits per heavy atom. The Labute approximate surface area is 313 Å². The number of Topliss-reactive ketones (excluding diaryl/α,β-unsaturated/α-hetero) is 1. The van der Waals surface area contributed by atoms with Gasteiger partial charge in [0.15, 0.2) is 0 Å². The average Bonchev–Trinajstić information content (AvgIpc) is 3.76. The summed E-state index contributed by atoms with van der Waals surface area (Å²) in [5.74, 6) is -2.81. The topological polar surface area (TPSA) is 174 Å². The number of fused-ring (bicyclic) bond motifs is 1. The first-order valence-electron chi connectivity index (χ1n) is 17.9. The first-order valence-corrected chi connectivity index (χ1v) is 20.2. The highest BCUT2D eigenvalue weighted by Gasteiger charge is 2.47. The summed E-state index contributed by atoms with van der Waals surface area (Å²) >= 11 is 1.37. The van der Waals surface area contributed by atoms with Gasteiger partial charge in [-0.15, -0.1) is 17.9 Å². The molecule has 4 N–H and O–H groups in total. The lowest BCUT2D eigenvalue weighted by atomic mass is 9.85. The molecule has 15 heteroatoms. The third-order valence-electron chi connectivity index (χ3n) is 9.76. The second kappa shape index (κ2) is 17.1. The minimum absolute atomic E-state index is 0.0331. The van der Waals surface area contributed by atoms with Crippen molar-refractivity contribution in [1.82, 2.24) is 30.5 Å². The highest BCUT2D eigenvalue weighted by atomic mass is 32.2. The maximum Gasteiger partial charge on any atom is 0.315 e. The largest absolute Gasteiger partial charge is 0.346 e. The minimum Gasteiger partial charge on any atom is -0.346 e. The van der Waals surface area contributed by atoms with Gasteiger partial charge in [0, 0.05) is 37.1 Å². The standard InChI is InChI=1S/C37H58N6O7S2/c1-12-14-25(30(44)33(46)38-16-13-2)39-32(45)26-18-24(23(5)22(3)4)19-43(26)34(47)31(37(9,10)11)41-35(48)40-29(36(6,7)8)21-42-20-27-28(15-17-51-27)52(42,49)50/h13,15,17,22,24-26,29,31H,2,5,12,14,16,18-21H2,1,3-4,6-11H3,(H,38,46)(H,39,45)(H2,40,41,48)/t24?,25?,26-,29+,31+/m0/s1. The predicted molar refractivity (Wildman–Crippen MR) is 203 cm³/mol. The molecule has 3 heterocycles. The molecule has 52 heavy (non-hydrogen) atoms. The lowest BCUT2D eigenvalue weighted by Gasteiger charge is -2.37. The third kappa shape index (κ3) is 10.1. The number of sulfonamides is 1. The molecule has 0 aromatic carbocycles. The van der Waals surface area contributed by atoms with Crippen molar-refractivity contribution in [3.05, 3.63) is 41.1 Å². The van der Waals surface area contributed by atoms with Crippen LogP contribution in [0, 0.1) is 22.7 Å². The van der Waals surface area contributed by atoms with Crippen LogP contribution in [0.5, 0.6) is 0 Å².